The molecule has 0 aliphatic heterocycles. The minimum absolute atomic E-state index is 0.00357. The van der Waals surface area contributed by atoms with Crippen molar-refractivity contribution in [2.45, 2.75) is 80.6 Å². The topological polar surface area (TPSA) is 26.3 Å². The highest BCUT2D eigenvalue weighted by atomic mass is 16.5. The molecule has 0 aliphatic carbocycles. The summed E-state index contributed by atoms with van der Waals surface area (Å²) < 4.78 is 5.68. The number of carbonyl (C=O) groups is 1. The lowest BCUT2D eigenvalue weighted by Crippen LogP contribution is -2.37. The molecule has 2 nitrogen and oxygen atoms in total. The van der Waals surface area contributed by atoms with Gasteiger partial charge in [-0.05, 0) is 37.5 Å². The Morgan fingerprint density at radius 3 is 2.15 bits per heavy atom. The second kappa shape index (κ2) is 9.41. The van der Waals surface area contributed by atoms with E-state index in [1.54, 1.807) is 0 Å². The second-order valence-corrected chi connectivity index (χ2v) is 7.19. The van der Waals surface area contributed by atoms with Crippen LogP contribution >= 0.6 is 0 Å². The molecule has 20 heavy (non-hydrogen) atoms. The molecule has 0 fully saturated rings. The molecule has 0 saturated carbocycles. The van der Waals surface area contributed by atoms with Gasteiger partial charge in [0.15, 0.2) is 0 Å². The van der Waals surface area contributed by atoms with E-state index in [1.165, 1.54) is 19.3 Å². The van der Waals surface area contributed by atoms with Crippen molar-refractivity contribution >= 4 is 5.97 Å². The Morgan fingerprint density at radius 2 is 1.75 bits per heavy atom. The fourth-order valence-corrected chi connectivity index (χ4v) is 2.66. The summed E-state index contributed by atoms with van der Waals surface area (Å²) in [7, 11) is 0. The van der Waals surface area contributed by atoms with Crippen LogP contribution in [0.15, 0.2) is 0 Å². The Bertz CT molecular complexity index is 271. The van der Waals surface area contributed by atoms with Gasteiger partial charge in [-0.15, -0.1) is 0 Å². The zero-order chi connectivity index (χ0) is 15.8. The maximum absolute atomic E-state index is 12.5. The second-order valence-electron chi connectivity index (χ2n) is 7.19. The van der Waals surface area contributed by atoms with E-state index < -0.39 is 0 Å². The monoisotopic (exact) mass is 284 g/mol. The quantitative estimate of drug-likeness (QED) is 0.498. The third kappa shape index (κ3) is 6.28. The summed E-state index contributed by atoms with van der Waals surface area (Å²) in [6.07, 6.45) is 5.60. The van der Waals surface area contributed by atoms with Crippen LogP contribution in [0.2, 0.25) is 0 Å². The van der Waals surface area contributed by atoms with Gasteiger partial charge in [0, 0.05) is 0 Å². The highest BCUT2D eigenvalue weighted by Gasteiger charge is 2.38. The standard InChI is InChI=1S/C18H36O2/c1-8-10-11-16(9-2)13-20-17(19)18(7,15(5)6)12-14(3)4/h14-16H,8-13H2,1-7H3. The summed E-state index contributed by atoms with van der Waals surface area (Å²) in [5.41, 5.74) is -0.350. The van der Waals surface area contributed by atoms with Crippen LogP contribution in [0.5, 0.6) is 0 Å². The first-order valence-electron chi connectivity index (χ1n) is 8.45. The predicted octanol–water partition coefficient (Wildman–Crippen LogP) is 5.45. The van der Waals surface area contributed by atoms with Crippen LogP contribution < -0.4 is 0 Å². The van der Waals surface area contributed by atoms with Crippen molar-refractivity contribution in [1.29, 1.82) is 0 Å². The number of esters is 1. The van der Waals surface area contributed by atoms with E-state index in [0.717, 1.165) is 12.8 Å². The van der Waals surface area contributed by atoms with Gasteiger partial charge in [-0.1, -0.05) is 60.8 Å². The van der Waals surface area contributed by atoms with Gasteiger partial charge >= 0.3 is 5.97 Å². The first kappa shape index (κ1) is 19.5. The molecule has 0 saturated heterocycles. The largest absolute Gasteiger partial charge is 0.465 e. The lowest BCUT2D eigenvalue weighted by molar-refractivity contribution is -0.160. The molecule has 2 atom stereocenters. The zero-order valence-corrected chi connectivity index (χ0v) is 14.8. The fourth-order valence-electron chi connectivity index (χ4n) is 2.66. The third-order valence-corrected chi connectivity index (χ3v) is 4.57. The summed E-state index contributed by atoms with van der Waals surface area (Å²) in [6, 6.07) is 0. The van der Waals surface area contributed by atoms with Crippen molar-refractivity contribution in [3.05, 3.63) is 0 Å². The maximum Gasteiger partial charge on any atom is 0.312 e. The number of rotatable bonds is 10. The number of unbranched alkanes of at least 4 members (excludes halogenated alkanes) is 1. The third-order valence-electron chi connectivity index (χ3n) is 4.57. The molecule has 0 amide bonds. The Labute approximate surface area is 126 Å². The van der Waals surface area contributed by atoms with Crippen LogP contribution in [0.4, 0.5) is 0 Å². The normalized spacial score (nSPS) is 16.2. The van der Waals surface area contributed by atoms with E-state index in [-0.39, 0.29) is 11.4 Å². The van der Waals surface area contributed by atoms with Gasteiger partial charge in [0.2, 0.25) is 0 Å². The molecule has 2 heteroatoms. The van der Waals surface area contributed by atoms with E-state index in [1.807, 2.05) is 0 Å². The van der Waals surface area contributed by atoms with Crippen LogP contribution in [-0.4, -0.2) is 12.6 Å². The number of hydrogen-bond acceptors (Lipinski definition) is 2. The molecule has 0 aromatic heterocycles. The average molecular weight is 284 g/mol. The molecule has 0 aromatic carbocycles. The van der Waals surface area contributed by atoms with Crippen LogP contribution in [-0.2, 0) is 9.53 Å². The Morgan fingerprint density at radius 1 is 1.15 bits per heavy atom. The van der Waals surface area contributed by atoms with Gasteiger partial charge in [-0.2, -0.15) is 0 Å². The Kier molecular flexibility index (Phi) is 9.16. The molecule has 0 spiro atoms. The van der Waals surface area contributed by atoms with Gasteiger partial charge in [0.1, 0.15) is 0 Å². The van der Waals surface area contributed by atoms with E-state index in [0.29, 0.717) is 24.4 Å². The van der Waals surface area contributed by atoms with Crippen LogP contribution in [0.1, 0.15) is 80.6 Å². The van der Waals surface area contributed by atoms with Crippen molar-refractivity contribution in [1.82, 2.24) is 0 Å². The minimum atomic E-state index is -0.350. The van der Waals surface area contributed by atoms with Gasteiger partial charge < -0.3 is 4.74 Å². The molecule has 0 rings (SSSR count). The van der Waals surface area contributed by atoms with Crippen molar-refractivity contribution in [3.63, 3.8) is 0 Å². The smallest absolute Gasteiger partial charge is 0.312 e. The molecule has 0 heterocycles. The van der Waals surface area contributed by atoms with Gasteiger partial charge in [0.25, 0.3) is 0 Å². The first-order chi connectivity index (χ1) is 9.27. The van der Waals surface area contributed by atoms with Crippen molar-refractivity contribution in [2.75, 3.05) is 6.61 Å². The van der Waals surface area contributed by atoms with Gasteiger partial charge in [-0.25, -0.2) is 0 Å². The highest BCUT2D eigenvalue weighted by Crippen LogP contribution is 2.35. The van der Waals surface area contributed by atoms with Gasteiger partial charge in [-0.3, -0.25) is 4.79 Å². The average Bonchev–Trinajstić information content (AvgIpc) is 2.37. The molecule has 0 aliphatic rings. The summed E-state index contributed by atoms with van der Waals surface area (Å²) >= 11 is 0. The van der Waals surface area contributed by atoms with Gasteiger partial charge in [0.05, 0.1) is 12.0 Å². The zero-order valence-electron chi connectivity index (χ0n) is 14.8. The van der Waals surface area contributed by atoms with Crippen LogP contribution in [0, 0.1) is 23.2 Å². The molecular weight excluding hydrogens is 248 g/mol. The van der Waals surface area contributed by atoms with Crippen LogP contribution in [0.3, 0.4) is 0 Å². The molecule has 0 radical (unpaired) electrons. The summed E-state index contributed by atoms with van der Waals surface area (Å²) in [6.45, 7) is 15.6. The van der Waals surface area contributed by atoms with Crippen molar-refractivity contribution in [2.24, 2.45) is 23.2 Å². The molecule has 120 valence electrons. The Hall–Kier alpha value is -0.530. The van der Waals surface area contributed by atoms with E-state index >= 15 is 0 Å². The van der Waals surface area contributed by atoms with Crippen molar-refractivity contribution < 1.29 is 9.53 Å². The SMILES string of the molecule is CCCCC(CC)COC(=O)C(C)(CC(C)C)C(C)C. The molecule has 0 bridgehead atoms. The summed E-state index contributed by atoms with van der Waals surface area (Å²) in [4.78, 5) is 12.5. The summed E-state index contributed by atoms with van der Waals surface area (Å²) in [5, 5.41) is 0. The predicted molar refractivity (Wildman–Crippen MR) is 86.7 cm³/mol. The minimum Gasteiger partial charge on any atom is -0.465 e. The first-order valence-corrected chi connectivity index (χ1v) is 8.45. The molecule has 0 aromatic rings. The summed E-state index contributed by atoms with van der Waals surface area (Å²) in [5.74, 6) is 1.34. The number of carbonyl (C=O) groups excluding carboxylic acids is 1. The highest BCUT2D eigenvalue weighted by molar-refractivity contribution is 5.76. The van der Waals surface area contributed by atoms with E-state index in [2.05, 4.69) is 48.5 Å². The lowest BCUT2D eigenvalue weighted by atomic mass is 9.73. The number of hydrogen-bond donors (Lipinski definition) is 0. The molecule has 2 unspecified atom stereocenters. The maximum atomic E-state index is 12.5. The van der Waals surface area contributed by atoms with Crippen molar-refractivity contribution in [3.8, 4) is 0 Å². The fraction of sp³-hybridized carbons (Fsp3) is 0.944. The molecular formula is C18H36O2. The molecule has 0 N–H and O–H groups in total. The van der Waals surface area contributed by atoms with Crippen LogP contribution in [0.25, 0.3) is 0 Å². The lowest BCUT2D eigenvalue weighted by Gasteiger charge is -2.33. The number of ether oxygens (including phenoxy) is 1. The van der Waals surface area contributed by atoms with E-state index in [9.17, 15) is 4.79 Å². The Balaban J connectivity index is 4.53. The van der Waals surface area contributed by atoms with E-state index in [4.69, 9.17) is 4.74 Å².